The molecular formula is C18H18O3. The Labute approximate surface area is 124 Å². The second-order valence-corrected chi connectivity index (χ2v) is 5.60. The van der Waals surface area contributed by atoms with E-state index >= 15 is 0 Å². The third-order valence-electron chi connectivity index (χ3n) is 3.94. The Morgan fingerprint density at radius 2 is 1.86 bits per heavy atom. The third-order valence-corrected chi connectivity index (χ3v) is 3.94. The first-order valence-corrected chi connectivity index (χ1v) is 6.93. The van der Waals surface area contributed by atoms with E-state index in [1.54, 1.807) is 18.2 Å². The normalized spacial score (nSPS) is 17.2. The summed E-state index contributed by atoms with van der Waals surface area (Å²) in [6.07, 6.45) is 0.471. The lowest BCUT2D eigenvalue weighted by molar-refractivity contribution is 0.201. The molecule has 3 rings (SSSR count). The van der Waals surface area contributed by atoms with E-state index in [1.165, 1.54) is 0 Å². The summed E-state index contributed by atoms with van der Waals surface area (Å²) in [5.74, 6) is 1.10. The van der Waals surface area contributed by atoms with Gasteiger partial charge in [-0.3, -0.25) is 0 Å². The monoisotopic (exact) mass is 282 g/mol. The number of aryl methyl sites for hydroxylation is 2. The van der Waals surface area contributed by atoms with Crippen molar-refractivity contribution in [2.75, 3.05) is 0 Å². The SMILES string of the molecule is C=C1CC(c2ccc(C)c(O)c2)Oc2cc(O)cc(C)c21. The number of aromatic hydroxyl groups is 2. The van der Waals surface area contributed by atoms with Gasteiger partial charge in [-0.05, 0) is 48.2 Å². The smallest absolute Gasteiger partial charge is 0.131 e. The molecule has 1 atom stereocenters. The molecule has 3 nitrogen and oxygen atoms in total. The van der Waals surface area contributed by atoms with E-state index < -0.39 is 0 Å². The molecule has 2 aromatic rings. The average Bonchev–Trinajstić information content (AvgIpc) is 2.40. The van der Waals surface area contributed by atoms with Gasteiger partial charge in [0, 0.05) is 18.1 Å². The van der Waals surface area contributed by atoms with Gasteiger partial charge in [0.15, 0.2) is 0 Å². The molecule has 2 N–H and O–H groups in total. The first kappa shape index (κ1) is 13.6. The molecule has 1 aliphatic heterocycles. The second-order valence-electron chi connectivity index (χ2n) is 5.60. The number of rotatable bonds is 1. The molecule has 0 aliphatic carbocycles. The number of hydrogen-bond acceptors (Lipinski definition) is 3. The fourth-order valence-electron chi connectivity index (χ4n) is 2.82. The predicted octanol–water partition coefficient (Wildman–Crippen LogP) is 4.25. The quantitative estimate of drug-likeness (QED) is 0.822. The highest BCUT2D eigenvalue weighted by Crippen LogP contribution is 2.44. The first-order chi connectivity index (χ1) is 9.95. The van der Waals surface area contributed by atoms with Crippen molar-refractivity contribution in [3.8, 4) is 17.2 Å². The summed E-state index contributed by atoms with van der Waals surface area (Å²) in [7, 11) is 0. The van der Waals surface area contributed by atoms with E-state index in [4.69, 9.17) is 4.74 Å². The van der Waals surface area contributed by atoms with Crippen LogP contribution in [0, 0.1) is 13.8 Å². The molecule has 0 spiro atoms. The van der Waals surface area contributed by atoms with Crippen molar-refractivity contribution in [1.29, 1.82) is 0 Å². The summed E-state index contributed by atoms with van der Waals surface area (Å²) in [6.45, 7) is 7.93. The van der Waals surface area contributed by atoms with Crippen LogP contribution in [0.3, 0.4) is 0 Å². The standard InChI is InChI=1S/C18H18O3/c1-10-4-5-13(8-15(10)20)16-7-12(3)18-11(2)6-14(19)9-17(18)21-16/h4-6,8-9,16,19-20H,3,7H2,1-2H3. The van der Waals surface area contributed by atoms with E-state index in [0.717, 1.165) is 27.8 Å². The molecular weight excluding hydrogens is 264 g/mol. The molecule has 0 radical (unpaired) electrons. The van der Waals surface area contributed by atoms with E-state index in [1.807, 2.05) is 26.0 Å². The highest BCUT2D eigenvalue weighted by Gasteiger charge is 2.26. The lowest BCUT2D eigenvalue weighted by Gasteiger charge is -2.29. The summed E-state index contributed by atoms with van der Waals surface area (Å²) < 4.78 is 6.01. The van der Waals surface area contributed by atoms with Crippen molar-refractivity contribution in [3.63, 3.8) is 0 Å². The number of phenols is 2. The van der Waals surface area contributed by atoms with Crippen LogP contribution in [0.1, 0.15) is 34.8 Å². The molecule has 2 aromatic carbocycles. The molecule has 0 saturated carbocycles. The minimum atomic E-state index is -0.197. The van der Waals surface area contributed by atoms with Crippen molar-refractivity contribution in [1.82, 2.24) is 0 Å². The van der Waals surface area contributed by atoms with Gasteiger partial charge in [-0.15, -0.1) is 0 Å². The molecule has 3 heteroatoms. The van der Waals surface area contributed by atoms with Crippen LogP contribution < -0.4 is 4.74 Å². The minimum Gasteiger partial charge on any atom is -0.508 e. The Kier molecular flexibility index (Phi) is 3.13. The summed E-state index contributed by atoms with van der Waals surface area (Å²) in [5.41, 5.74) is 4.66. The number of phenolic OH excluding ortho intramolecular Hbond substituents is 2. The fourth-order valence-corrected chi connectivity index (χ4v) is 2.82. The van der Waals surface area contributed by atoms with Gasteiger partial charge in [0.1, 0.15) is 23.4 Å². The van der Waals surface area contributed by atoms with E-state index in [-0.39, 0.29) is 17.6 Å². The van der Waals surface area contributed by atoms with Crippen molar-refractivity contribution in [3.05, 3.63) is 59.2 Å². The zero-order chi connectivity index (χ0) is 15.1. The molecule has 1 heterocycles. The van der Waals surface area contributed by atoms with Crippen LogP contribution in [0.4, 0.5) is 0 Å². The Bertz CT molecular complexity index is 731. The van der Waals surface area contributed by atoms with Gasteiger partial charge in [0.2, 0.25) is 0 Å². The highest BCUT2D eigenvalue weighted by molar-refractivity contribution is 5.74. The maximum atomic E-state index is 9.86. The van der Waals surface area contributed by atoms with Gasteiger partial charge in [-0.1, -0.05) is 18.7 Å². The van der Waals surface area contributed by atoms with Crippen LogP contribution in [-0.4, -0.2) is 10.2 Å². The molecule has 21 heavy (non-hydrogen) atoms. The summed E-state index contributed by atoms with van der Waals surface area (Å²) >= 11 is 0. The summed E-state index contributed by atoms with van der Waals surface area (Å²) in [6, 6.07) is 8.89. The number of hydrogen-bond donors (Lipinski definition) is 2. The molecule has 0 amide bonds. The molecule has 0 saturated heterocycles. The first-order valence-electron chi connectivity index (χ1n) is 6.93. The fraction of sp³-hybridized carbons (Fsp3) is 0.222. The Balaban J connectivity index is 2.01. The predicted molar refractivity (Wildman–Crippen MR) is 82.7 cm³/mol. The van der Waals surface area contributed by atoms with Crippen LogP contribution in [0.25, 0.3) is 5.57 Å². The van der Waals surface area contributed by atoms with Crippen LogP contribution in [0.5, 0.6) is 17.2 Å². The van der Waals surface area contributed by atoms with Gasteiger partial charge in [-0.2, -0.15) is 0 Å². The van der Waals surface area contributed by atoms with Crippen molar-refractivity contribution in [2.45, 2.75) is 26.4 Å². The van der Waals surface area contributed by atoms with Gasteiger partial charge in [-0.25, -0.2) is 0 Å². The maximum Gasteiger partial charge on any atom is 0.131 e. The molecule has 0 aromatic heterocycles. The van der Waals surface area contributed by atoms with Crippen LogP contribution >= 0.6 is 0 Å². The Hall–Kier alpha value is -2.42. The summed E-state index contributed by atoms with van der Waals surface area (Å²) in [5, 5.41) is 19.6. The van der Waals surface area contributed by atoms with Crippen molar-refractivity contribution in [2.24, 2.45) is 0 Å². The molecule has 108 valence electrons. The average molecular weight is 282 g/mol. The van der Waals surface area contributed by atoms with E-state index in [9.17, 15) is 10.2 Å². The molecule has 1 aliphatic rings. The number of fused-ring (bicyclic) bond motifs is 1. The minimum absolute atomic E-state index is 0.187. The number of benzene rings is 2. The van der Waals surface area contributed by atoms with E-state index in [0.29, 0.717) is 12.2 Å². The van der Waals surface area contributed by atoms with Gasteiger partial charge in [0.05, 0.1) is 0 Å². The van der Waals surface area contributed by atoms with Gasteiger partial charge >= 0.3 is 0 Å². The second kappa shape index (κ2) is 4.85. The van der Waals surface area contributed by atoms with Gasteiger partial charge in [0.25, 0.3) is 0 Å². The summed E-state index contributed by atoms with van der Waals surface area (Å²) in [4.78, 5) is 0. The lowest BCUT2D eigenvalue weighted by Crippen LogP contribution is -2.15. The Morgan fingerprint density at radius 1 is 1.10 bits per heavy atom. The molecule has 0 fully saturated rings. The van der Waals surface area contributed by atoms with Crippen LogP contribution in [0.15, 0.2) is 36.9 Å². The van der Waals surface area contributed by atoms with Crippen LogP contribution in [-0.2, 0) is 0 Å². The maximum absolute atomic E-state index is 9.86. The highest BCUT2D eigenvalue weighted by atomic mass is 16.5. The third kappa shape index (κ3) is 2.35. The molecule has 1 unspecified atom stereocenters. The largest absolute Gasteiger partial charge is 0.508 e. The van der Waals surface area contributed by atoms with Crippen molar-refractivity contribution >= 4 is 5.57 Å². The lowest BCUT2D eigenvalue weighted by atomic mass is 9.90. The number of ether oxygens (including phenoxy) is 1. The van der Waals surface area contributed by atoms with Gasteiger partial charge < -0.3 is 14.9 Å². The van der Waals surface area contributed by atoms with E-state index in [2.05, 4.69) is 6.58 Å². The Morgan fingerprint density at radius 3 is 2.57 bits per heavy atom. The zero-order valence-electron chi connectivity index (χ0n) is 12.2. The topological polar surface area (TPSA) is 49.7 Å². The molecule has 0 bridgehead atoms. The van der Waals surface area contributed by atoms with Crippen molar-refractivity contribution < 1.29 is 14.9 Å². The van der Waals surface area contributed by atoms with Crippen LogP contribution in [0.2, 0.25) is 0 Å². The zero-order valence-corrected chi connectivity index (χ0v) is 12.2.